The van der Waals surface area contributed by atoms with E-state index in [0.29, 0.717) is 25.4 Å². The van der Waals surface area contributed by atoms with Gasteiger partial charge in [0.25, 0.3) is 0 Å². The van der Waals surface area contributed by atoms with Crippen LogP contribution in [-0.4, -0.2) is 60.9 Å². The number of rotatable bonds is 37. The molecule has 0 bridgehead atoms. The predicted octanol–water partition coefficient (Wildman–Crippen LogP) is 11.6. The highest BCUT2D eigenvalue weighted by atomic mass is 16.5. The lowest BCUT2D eigenvalue weighted by atomic mass is 10.0. The van der Waals surface area contributed by atoms with Crippen LogP contribution in [0.5, 0.6) is 0 Å². The van der Waals surface area contributed by atoms with E-state index in [1.54, 1.807) is 0 Å². The van der Waals surface area contributed by atoms with Crippen molar-refractivity contribution in [1.82, 2.24) is 4.90 Å². The van der Waals surface area contributed by atoms with Crippen LogP contribution >= 0.6 is 0 Å². The van der Waals surface area contributed by atoms with Crippen LogP contribution in [0, 0.1) is 23.7 Å². The number of unbranched alkanes of at least 4 members (excludes halogenated alkanes) is 16. The molecule has 2 fully saturated rings. The smallest absolute Gasteiger partial charge is 0.306 e. The monoisotopic (exact) mass is 706 g/mol. The van der Waals surface area contributed by atoms with E-state index in [2.05, 4.69) is 25.7 Å². The average molecular weight is 706 g/mol. The van der Waals surface area contributed by atoms with E-state index in [9.17, 15) is 14.7 Å². The molecule has 0 aromatic carbocycles. The molecule has 0 aromatic rings. The highest BCUT2D eigenvalue weighted by molar-refractivity contribution is 5.69. The molecule has 0 spiro atoms. The summed E-state index contributed by atoms with van der Waals surface area (Å²) in [6.07, 6.45) is 33.9. The van der Waals surface area contributed by atoms with Crippen molar-refractivity contribution < 1.29 is 24.2 Å². The number of aliphatic hydroxyl groups is 1. The first-order valence-electron chi connectivity index (χ1n) is 22.2. The predicted molar refractivity (Wildman–Crippen MR) is 209 cm³/mol. The first-order valence-corrected chi connectivity index (χ1v) is 22.2. The van der Waals surface area contributed by atoms with E-state index >= 15 is 0 Å². The minimum Gasteiger partial charge on any atom is -0.466 e. The Labute approximate surface area is 310 Å². The number of esters is 2. The van der Waals surface area contributed by atoms with Crippen molar-refractivity contribution in [2.24, 2.45) is 23.7 Å². The average Bonchev–Trinajstić information content (AvgIpc) is 4.05. The molecule has 2 aliphatic rings. The molecule has 0 saturated heterocycles. The number of carbonyl (C=O) groups is 2. The molecule has 0 amide bonds. The maximum absolute atomic E-state index is 12.9. The summed E-state index contributed by atoms with van der Waals surface area (Å²) in [5.41, 5.74) is 0. The normalized spacial score (nSPS) is 20.3. The van der Waals surface area contributed by atoms with Gasteiger partial charge in [0.2, 0.25) is 0 Å². The molecule has 294 valence electrons. The molecule has 5 atom stereocenters. The van der Waals surface area contributed by atoms with E-state index in [1.165, 1.54) is 109 Å². The van der Waals surface area contributed by atoms with Crippen molar-refractivity contribution in [3.63, 3.8) is 0 Å². The molecule has 0 radical (unpaired) electrons. The van der Waals surface area contributed by atoms with Gasteiger partial charge in [0.1, 0.15) is 6.10 Å². The van der Waals surface area contributed by atoms with Crippen LogP contribution in [-0.2, 0) is 19.1 Å². The topological polar surface area (TPSA) is 76.1 Å². The van der Waals surface area contributed by atoms with Crippen LogP contribution in [0.1, 0.15) is 207 Å². The number of hydrogen-bond acceptors (Lipinski definition) is 6. The van der Waals surface area contributed by atoms with Gasteiger partial charge >= 0.3 is 11.9 Å². The maximum atomic E-state index is 12.9. The molecule has 2 saturated carbocycles. The highest BCUT2D eigenvalue weighted by Crippen LogP contribution is 2.50. The lowest BCUT2D eigenvalue weighted by molar-refractivity contribution is -0.151. The third-order valence-electron chi connectivity index (χ3n) is 11.6. The second-order valence-corrected chi connectivity index (χ2v) is 16.2. The quantitative estimate of drug-likeness (QED) is 0.0512. The molecule has 0 aliphatic heterocycles. The zero-order valence-corrected chi connectivity index (χ0v) is 33.5. The van der Waals surface area contributed by atoms with Crippen LogP contribution in [0.15, 0.2) is 0 Å². The molecule has 6 nitrogen and oxygen atoms in total. The SMILES string of the molecule is CCCCCCCCCOC(=O)CCCCCCCN(CCO)CCCCCCCC(=O)OC(CCC1CC1CCCC)C1CC1CCCC. The molecule has 0 aromatic heterocycles. The van der Waals surface area contributed by atoms with Crippen molar-refractivity contribution in [2.75, 3.05) is 32.8 Å². The van der Waals surface area contributed by atoms with Crippen LogP contribution in [0.2, 0.25) is 0 Å². The Kier molecular flexibility index (Phi) is 27.3. The van der Waals surface area contributed by atoms with Crippen LogP contribution in [0.3, 0.4) is 0 Å². The van der Waals surface area contributed by atoms with E-state index in [0.717, 1.165) is 102 Å². The molecule has 1 N–H and O–H groups in total. The molecule has 2 aliphatic carbocycles. The van der Waals surface area contributed by atoms with Crippen LogP contribution in [0.25, 0.3) is 0 Å². The summed E-state index contributed by atoms with van der Waals surface area (Å²) in [6, 6.07) is 0. The summed E-state index contributed by atoms with van der Waals surface area (Å²) >= 11 is 0. The van der Waals surface area contributed by atoms with Crippen molar-refractivity contribution in [3.05, 3.63) is 0 Å². The van der Waals surface area contributed by atoms with Gasteiger partial charge in [-0.25, -0.2) is 0 Å². The molecule has 6 heteroatoms. The van der Waals surface area contributed by atoms with E-state index in [1.807, 2.05) is 0 Å². The van der Waals surface area contributed by atoms with Crippen molar-refractivity contribution in [2.45, 2.75) is 213 Å². The summed E-state index contributed by atoms with van der Waals surface area (Å²) in [4.78, 5) is 27.2. The molecule has 2 rings (SSSR count). The Morgan fingerprint density at radius 2 is 1.10 bits per heavy atom. The summed E-state index contributed by atoms with van der Waals surface area (Å²) in [6.45, 7) is 10.4. The summed E-state index contributed by atoms with van der Waals surface area (Å²) in [7, 11) is 0. The summed E-state index contributed by atoms with van der Waals surface area (Å²) in [5, 5.41) is 9.55. The summed E-state index contributed by atoms with van der Waals surface area (Å²) < 4.78 is 11.6. The largest absolute Gasteiger partial charge is 0.466 e. The molecular weight excluding hydrogens is 622 g/mol. The molecular formula is C44H83NO5. The van der Waals surface area contributed by atoms with Gasteiger partial charge in [-0.3, -0.25) is 9.59 Å². The number of aliphatic hydroxyl groups excluding tert-OH is 1. The molecule has 0 heterocycles. The van der Waals surface area contributed by atoms with Gasteiger partial charge in [0.15, 0.2) is 0 Å². The van der Waals surface area contributed by atoms with Gasteiger partial charge in [-0.15, -0.1) is 0 Å². The third kappa shape index (κ3) is 23.4. The second kappa shape index (κ2) is 30.3. The number of nitrogens with zero attached hydrogens (tertiary/aromatic N) is 1. The number of hydrogen-bond donors (Lipinski definition) is 1. The fraction of sp³-hybridized carbons (Fsp3) is 0.955. The standard InChI is InChI=1S/C44H83NO5/c1-4-7-10-11-12-19-24-35-49-43(47)27-20-15-13-17-22-31-45(33-34-46)32-23-18-14-16-21-28-44(48)50-42(41-37-40(41)26-9-6-3)30-29-39-36-38(39)25-8-5-2/h38-42,46H,4-37H2,1-3H3. The Morgan fingerprint density at radius 1 is 0.580 bits per heavy atom. The van der Waals surface area contributed by atoms with Gasteiger partial charge in [-0.1, -0.05) is 136 Å². The van der Waals surface area contributed by atoms with Crippen molar-refractivity contribution >= 4 is 11.9 Å². The zero-order valence-electron chi connectivity index (χ0n) is 33.5. The lowest BCUT2D eigenvalue weighted by Gasteiger charge is -2.21. The maximum Gasteiger partial charge on any atom is 0.306 e. The molecule has 50 heavy (non-hydrogen) atoms. The van der Waals surface area contributed by atoms with Gasteiger partial charge in [0, 0.05) is 19.4 Å². The van der Waals surface area contributed by atoms with Gasteiger partial charge < -0.3 is 19.5 Å². The lowest BCUT2D eigenvalue weighted by Crippen LogP contribution is -2.29. The Balaban J connectivity index is 1.45. The number of ether oxygens (including phenoxy) is 2. The van der Waals surface area contributed by atoms with E-state index < -0.39 is 0 Å². The fourth-order valence-electron chi connectivity index (χ4n) is 8.04. The Morgan fingerprint density at radius 3 is 1.72 bits per heavy atom. The van der Waals surface area contributed by atoms with Crippen LogP contribution in [0.4, 0.5) is 0 Å². The molecule has 5 unspecified atom stereocenters. The first kappa shape index (κ1) is 45.0. The van der Waals surface area contributed by atoms with Crippen molar-refractivity contribution in [1.29, 1.82) is 0 Å². The van der Waals surface area contributed by atoms with Crippen LogP contribution < -0.4 is 0 Å². The minimum absolute atomic E-state index is 0.0297. The van der Waals surface area contributed by atoms with E-state index in [-0.39, 0.29) is 24.6 Å². The van der Waals surface area contributed by atoms with Gasteiger partial charge in [0.05, 0.1) is 13.2 Å². The third-order valence-corrected chi connectivity index (χ3v) is 11.6. The minimum atomic E-state index is -0.0297. The van der Waals surface area contributed by atoms with E-state index in [4.69, 9.17) is 9.47 Å². The van der Waals surface area contributed by atoms with Gasteiger partial charge in [-0.2, -0.15) is 0 Å². The van der Waals surface area contributed by atoms with Gasteiger partial charge in [-0.05, 0) is 94.5 Å². The Bertz CT molecular complexity index is 820. The number of carbonyl (C=O) groups excluding carboxylic acids is 2. The van der Waals surface area contributed by atoms with Crippen molar-refractivity contribution in [3.8, 4) is 0 Å². The zero-order chi connectivity index (χ0) is 36.1. The second-order valence-electron chi connectivity index (χ2n) is 16.2. The Hall–Kier alpha value is -1.14. The highest BCUT2D eigenvalue weighted by Gasteiger charge is 2.45. The first-order chi connectivity index (χ1) is 24.5. The fourth-order valence-corrected chi connectivity index (χ4v) is 8.04. The summed E-state index contributed by atoms with van der Waals surface area (Å²) in [5.74, 6) is 3.27.